The fourth-order valence-corrected chi connectivity index (χ4v) is 3.16. The maximum atomic E-state index is 12.4. The fraction of sp³-hybridized carbons (Fsp3) is 0. The minimum absolute atomic E-state index is 0.0996. The molecule has 0 unspecified atom stereocenters. The van der Waals surface area contributed by atoms with Crippen molar-refractivity contribution in [3.05, 3.63) is 90.4 Å². The van der Waals surface area contributed by atoms with Gasteiger partial charge in [0.15, 0.2) is 5.69 Å². The van der Waals surface area contributed by atoms with Crippen LogP contribution in [-0.4, -0.2) is 32.6 Å². The Bertz CT molecular complexity index is 1310. The van der Waals surface area contributed by atoms with Crippen molar-refractivity contribution in [1.29, 1.82) is 0 Å². The number of primary amides is 2. The van der Waals surface area contributed by atoms with Crippen LogP contribution in [0.4, 0.5) is 16.3 Å². The van der Waals surface area contributed by atoms with Gasteiger partial charge < -0.3 is 22.1 Å². The van der Waals surface area contributed by atoms with Crippen molar-refractivity contribution in [3.8, 4) is 16.8 Å². The summed E-state index contributed by atoms with van der Waals surface area (Å²) < 4.78 is 1.42. The zero-order chi connectivity index (χ0) is 23.4. The number of carbonyl (C=O) groups excluding carboxylic acids is 3. The van der Waals surface area contributed by atoms with Gasteiger partial charge in [-0.25, -0.2) is 14.5 Å². The molecular formula is C23H19N7O3. The van der Waals surface area contributed by atoms with Crippen LogP contribution in [0.5, 0.6) is 0 Å². The van der Waals surface area contributed by atoms with Crippen LogP contribution in [0.25, 0.3) is 16.8 Å². The van der Waals surface area contributed by atoms with E-state index in [1.165, 1.54) is 10.9 Å². The summed E-state index contributed by atoms with van der Waals surface area (Å²) in [6.45, 7) is 0. The number of nitrogens with two attached hydrogens (primary N) is 2. The molecule has 0 aliphatic heterocycles. The molecule has 0 atom stereocenters. The van der Waals surface area contributed by atoms with E-state index < -0.39 is 11.9 Å². The number of hydrogen-bond acceptors (Lipinski definition) is 5. The SMILES string of the molecule is NC(=O)Nc1cn(-c2ccc(-c3ccc(C(=O)Nc4ccccn4)cc3)cc2)nc1C(N)=O. The van der Waals surface area contributed by atoms with E-state index in [0.717, 1.165) is 11.1 Å². The van der Waals surface area contributed by atoms with Crippen molar-refractivity contribution in [2.45, 2.75) is 0 Å². The van der Waals surface area contributed by atoms with E-state index in [9.17, 15) is 14.4 Å². The number of carbonyl (C=O) groups is 3. The highest BCUT2D eigenvalue weighted by Crippen LogP contribution is 2.23. The van der Waals surface area contributed by atoms with Crippen molar-refractivity contribution in [2.75, 3.05) is 10.6 Å². The van der Waals surface area contributed by atoms with Crippen molar-refractivity contribution in [1.82, 2.24) is 14.8 Å². The van der Waals surface area contributed by atoms with Crippen LogP contribution in [-0.2, 0) is 0 Å². The molecule has 10 nitrogen and oxygen atoms in total. The van der Waals surface area contributed by atoms with Crippen LogP contribution < -0.4 is 22.1 Å². The number of nitrogens with zero attached hydrogens (tertiary/aromatic N) is 3. The number of amides is 4. The lowest BCUT2D eigenvalue weighted by Gasteiger charge is -2.07. The first-order chi connectivity index (χ1) is 15.9. The predicted molar refractivity (Wildman–Crippen MR) is 123 cm³/mol. The molecule has 164 valence electrons. The van der Waals surface area contributed by atoms with E-state index in [4.69, 9.17) is 11.5 Å². The lowest BCUT2D eigenvalue weighted by Crippen LogP contribution is -2.22. The average Bonchev–Trinajstić information content (AvgIpc) is 3.23. The molecule has 0 aliphatic carbocycles. The van der Waals surface area contributed by atoms with Gasteiger partial charge >= 0.3 is 6.03 Å². The first-order valence-corrected chi connectivity index (χ1v) is 9.80. The second-order valence-electron chi connectivity index (χ2n) is 6.98. The Morgan fingerprint density at radius 2 is 1.48 bits per heavy atom. The third-order valence-electron chi connectivity index (χ3n) is 4.72. The number of hydrogen-bond donors (Lipinski definition) is 4. The third kappa shape index (κ3) is 4.85. The summed E-state index contributed by atoms with van der Waals surface area (Å²) in [5.41, 5.74) is 13.4. The molecule has 2 heterocycles. The molecule has 4 aromatic rings. The molecule has 0 saturated carbocycles. The molecule has 0 fully saturated rings. The Hall–Kier alpha value is -4.99. The topological polar surface area (TPSA) is 158 Å². The molecular weight excluding hydrogens is 422 g/mol. The van der Waals surface area contributed by atoms with Gasteiger partial charge in [-0.1, -0.05) is 30.3 Å². The van der Waals surface area contributed by atoms with Crippen LogP contribution in [0.3, 0.4) is 0 Å². The Balaban J connectivity index is 1.51. The summed E-state index contributed by atoms with van der Waals surface area (Å²) in [6, 6.07) is 18.9. The van der Waals surface area contributed by atoms with Crippen LogP contribution in [0, 0.1) is 0 Å². The fourth-order valence-electron chi connectivity index (χ4n) is 3.16. The summed E-state index contributed by atoms with van der Waals surface area (Å²) in [5.74, 6) is -0.560. The van der Waals surface area contributed by atoms with Crippen LogP contribution in [0.2, 0.25) is 0 Å². The maximum Gasteiger partial charge on any atom is 0.316 e. The summed E-state index contributed by atoms with van der Waals surface area (Å²) >= 11 is 0. The molecule has 2 aromatic heterocycles. The molecule has 2 aromatic carbocycles. The first kappa shape index (κ1) is 21.2. The molecule has 6 N–H and O–H groups in total. The van der Waals surface area contributed by atoms with Gasteiger partial charge in [-0.3, -0.25) is 9.59 Å². The number of urea groups is 1. The Kier molecular flexibility index (Phi) is 5.81. The van der Waals surface area contributed by atoms with Gasteiger partial charge in [-0.05, 0) is 47.5 Å². The lowest BCUT2D eigenvalue weighted by molar-refractivity contribution is 0.0993. The van der Waals surface area contributed by atoms with Gasteiger partial charge in [-0.15, -0.1) is 0 Å². The van der Waals surface area contributed by atoms with E-state index in [1.807, 2.05) is 24.3 Å². The quantitative estimate of drug-likeness (QED) is 0.362. The molecule has 0 bridgehead atoms. The number of aromatic nitrogens is 3. The zero-order valence-electron chi connectivity index (χ0n) is 17.2. The largest absolute Gasteiger partial charge is 0.364 e. The molecule has 0 radical (unpaired) electrons. The minimum atomic E-state index is -0.829. The number of benzene rings is 2. The number of rotatable bonds is 6. The van der Waals surface area contributed by atoms with Crippen LogP contribution in [0.15, 0.2) is 79.1 Å². The van der Waals surface area contributed by atoms with Gasteiger partial charge in [0, 0.05) is 11.8 Å². The molecule has 4 rings (SSSR count). The van der Waals surface area contributed by atoms with Crippen LogP contribution >= 0.6 is 0 Å². The highest BCUT2D eigenvalue weighted by molar-refractivity contribution is 6.04. The summed E-state index contributed by atoms with van der Waals surface area (Å²) in [4.78, 5) is 39.2. The summed E-state index contributed by atoms with van der Waals surface area (Å²) in [6.07, 6.45) is 3.06. The summed E-state index contributed by atoms with van der Waals surface area (Å²) in [5, 5.41) is 9.20. The van der Waals surface area contributed by atoms with Crippen molar-refractivity contribution in [2.24, 2.45) is 11.5 Å². The third-order valence-corrected chi connectivity index (χ3v) is 4.72. The Morgan fingerprint density at radius 3 is 2.06 bits per heavy atom. The zero-order valence-corrected chi connectivity index (χ0v) is 17.2. The number of anilines is 2. The lowest BCUT2D eigenvalue weighted by atomic mass is 10.0. The average molecular weight is 441 g/mol. The Morgan fingerprint density at radius 1 is 0.818 bits per heavy atom. The highest BCUT2D eigenvalue weighted by Gasteiger charge is 2.16. The smallest absolute Gasteiger partial charge is 0.316 e. The second kappa shape index (κ2) is 9.02. The monoisotopic (exact) mass is 441 g/mol. The van der Waals surface area contributed by atoms with E-state index in [-0.39, 0.29) is 17.3 Å². The second-order valence-corrected chi connectivity index (χ2v) is 6.98. The molecule has 0 spiro atoms. The van der Waals surface area contributed by atoms with E-state index in [2.05, 4.69) is 20.7 Å². The van der Waals surface area contributed by atoms with Gasteiger partial charge in [0.1, 0.15) is 5.82 Å². The number of nitrogens with one attached hydrogen (secondary N) is 2. The van der Waals surface area contributed by atoms with Gasteiger partial charge in [0.05, 0.1) is 17.6 Å². The first-order valence-electron chi connectivity index (χ1n) is 9.80. The molecule has 4 amide bonds. The van der Waals surface area contributed by atoms with Crippen molar-refractivity contribution in [3.63, 3.8) is 0 Å². The highest BCUT2D eigenvalue weighted by atomic mass is 16.2. The maximum absolute atomic E-state index is 12.4. The van der Waals surface area contributed by atoms with Crippen molar-refractivity contribution >= 4 is 29.4 Å². The van der Waals surface area contributed by atoms with Gasteiger partial charge in [0.25, 0.3) is 11.8 Å². The number of pyridine rings is 1. The van der Waals surface area contributed by atoms with Crippen LogP contribution in [0.1, 0.15) is 20.8 Å². The van der Waals surface area contributed by atoms with Crippen molar-refractivity contribution < 1.29 is 14.4 Å². The standard InChI is InChI=1S/C23H19N7O3/c24-21(31)20-18(27-23(25)33)13-30(29-20)17-10-8-15(9-11-17)14-4-6-16(7-5-14)22(32)28-19-3-1-2-12-26-19/h1-13H,(H2,24,31)(H3,25,27,33)(H,26,28,32). The molecule has 33 heavy (non-hydrogen) atoms. The minimum Gasteiger partial charge on any atom is -0.364 e. The molecule has 10 heteroatoms. The summed E-state index contributed by atoms with van der Waals surface area (Å²) in [7, 11) is 0. The van der Waals surface area contributed by atoms with E-state index in [1.54, 1.807) is 48.7 Å². The molecule has 0 saturated heterocycles. The predicted octanol–water partition coefficient (Wildman–Crippen LogP) is 2.78. The van der Waals surface area contributed by atoms with E-state index >= 15 is 0 Å². The normalized spacial score (nSPS) is 10.4. The Labute approximate surface area is 188 Å². The van der Waals surface area contributed by atoms with Gasteiger partial charge in [-0.2, -0.15) is 5.10 Å². The molecule has 0 aliphatic rings. The van der Waals surface area contributed by atoms with Gasteiger partial charge in [0.2, 0.25) is 0 Å². The van der Waals surface area contributed by atoms with E-state index in [0.29, 0.717) is 17.1 Å².